The Hall–Kier alpha value is -3.72. The van der Waals surface area contributed by atoms with Gasteiger partial charge in [0.25, 0.3) is 5.91 Å². The normalized spacial score (nSPS) is 11.5. The molecule has 4 aromatic rings. The van der Waals surface area contributed by atoms with Crippen LogP contribution in [0.15, 0.2) is 66.9 Å². The molecule has 168 valence electrons. The fourth-order valence-electron chi connectivity index (χ4n) is 3.45. The minimum absolute atomic E-state index is 0.268. The number of fused-ring (bicyclic) bond motifs is 1. The minimum atomic E-state index is -4.39. The van der Waals surface area contributed by atoms with Crippen molar-refractivity contribution < 1.29 is 22.8 Å². The summed E-state index contributed by atoms with van der Waals surface area (Å²) in [7, 11) is 0. The van der Waals surface area contributed by atoms with Crippen molar-refractivity contribution in [1.29, 1.82) is 0 Å². The number of hydrogen-bond donors (Lipinski definition) is 2. The van der Waals surface area contributed by atoms with Gasteiger partial charge in [0.05, 0.1) is 17.8 Å². The molecule has 0 aliphatic carbocycles. The molecule has 4 rings (SSSR count). The van der Waals surface area contributed by atoms with E-state index in [-0.39, 0.29) is 6.54 Å². The fourth-order valence-corrected chi connectivity index (χ4v) is 4.67. The number of carbonyl (C=O) groups excluding carboxylic acids is 2. The third-order valence-corrected chi connectivity index (χ3v) is 6.13. The van der Waals surface area contributed by atoms with Crippen LogP contribution in [0.4, 0.5) is 13.2 Å². The largest absolute Gasteiger partial charge is 0.416 e. The van der Waals surface area contributed by atoms with Crippen molar-refractivity contribution in [2.24, 2.45) is 5.73 Å². The summed E-state index contributed by atoms with van der Waals surface area (Å²) in [6.07, 6.45) is -2.51. The first-order valence-corrected chi connectivity index (χ1v) is 10.7. The van der Waals surface area contributed by atoms with Crippen molar-refractivity contribution >= 4 is 33.2 Å². The second kappa shape index (κ2) is 9.03. The van der Waals surface area contributed by atoms with E-state index >= 15 is 0 Å². The highest BCUT2D eigenvalue weighted by Gasteiger charge is 2.30. The molecule has 0 aliphatic heterocycles. The van der Waals surface area contributed by atoms with Gasteiger partial charge in [0, 0.05) is 33.3 Å². The van der Waals surface area contributed by atoms with Crippen molar-refractivity contribution in [3.8, 4) is 11.3 Å². The Balaban J connectivity index is 1.64. The highest BCUT2D eigenvalue weighted by atomic mass is 32.1. The van der Waals surface area contributed by atoms with Crippen LogP contribution in [0, 0.1) is 0 Å². The van der Waals surface area contributed by atoms with Crippen LogP contribution in [0.3, 0.4) is 0 Å². The van der Waals surface area contributed by atoms with Gasteiger partial charge in [-0.15, -0.1) is 11.3 Å². The number of rotatable bonds is 6. The molecule has 2 amide bonds. The maximum absolute atomic E-state index is 13.0. The van der Waals surface area contributed by atoms with Gasteiger partial charge in [-0.25, -0.2) is 0 Å². The summed E-state index contributed by atoms with van der Waals surface area (Å²) in [6.45, 7) is -0.268. The van der Waals surface area contributed by atoms with Crippen LogP contribution in [0.2, 0.25) is 0 Å². The first-order chi connectivity index (χ1) is 15.7. The Morgan fingerprint density at radius 1 is 1.03 bits per heavy atom. The van der Waals surface area contributed by atoms with Crippen LogP contribution in [0.25, 0.3) is 21.3 Å². The number of halogens is 3. The van der Waals surface area contributed by atoms with Crippen molar-refractivity contribution in [3.05, 3.63) is 88.4 Å². The van der Waals surface area contributed by atoms with Crippen molar-refractivity contribution in [1.82, 2.24) is 10.3 Å². The molecule has 5 nitrogen and oxygen atoms in total. The molecular weight excluding hydrogens is 451 g/mol. The fraction of sp³-hybridized carbons (Fsp3) is 0.125. The van der Waals surface area contributed by atoms with Gasteiger partial charge < -0.3 is 11.1 Å². The summed E-state index contributed by atoms with van der Waals surface area (Å²) in [5.74, 6) is -1.09. The molecule has 2 aromatic heterocycles. The van der Waals surface area contributed by atoms with E-state index in [4.69, 9.17) is 5.73 Å². The van der Waals surface area contributed by atoms with E-state index in [0.29, 0.717) is 23.2 Å². The zero-order valence-electron chi connectivity index (χ0n) is 17.1. The summed E-state index contributed by atoms with van der Waals surface area (Å²) >= 11 is 1.47. The third-order valence-electron chi connectivity index (χ3n) is 4.95. The second-order valence-corrected chi connectivity index (χ2v) is 8.53. The maximum atomic E-state index is 13.0. The van der Waals surface area contributed by atoms with Gasteiger partial charge in [0.1, 0.15) is 0 Å². The molecule has 0 aliphatic rings. The SMILES string of the molecule is NC(=O)CNC(=O)c1ccnc(-c2cccc3cc(Cc4cccc(C(F)(F)F)c4)sc23)c1. The molecule has 0 bridgehead atoms. The van der Waals surface area contributed by atoms with Gasteiger partial charge in [-0.3, -0.25) is 14.6 Å². The van der Waals surface area contributed by atoms with Gasteiger partial charge in [-0.1, -0.05) is 36.4 Å². The third kappa shape index (κ3) is 5.20. The van der Waals surface area contributed by atoms with Crippen molar-refractivity contribution in [3.63, 3.8) is 0 Å². The lowest BCUT2D eigenvalue weighted by Gasteiger charge is -2.08. The average molecular weight is 469 g/mol. The zero-order chi connectivity index (χ0) is 23.6. The number of primary amides is 1. The molecular formula is C24H18F3N3O2S. The number of nitrogens with two attached hydrogens (primary N) is 1. The molecule has 3 N–H and O–H groups in total. The summed E-state index contributed by atoms with van der Waals surface area (Å²) in [5, 5.41) is 3.38. The number of amides is 2. The summed E-state index contributed by atoms with van der Waals surface area (Å²) in [6, 6.07) is 16.1. The first kappa shape index (κ1) is 22.5. The number of nitrogens with one attached hydrogen (secondary N) is 1. The van der Waals surface area contributed by atoms with E-state index in [9.17, 15) is 22.8 Å². The highest BCUT2D eigenvalue weighted by Crippen LogP contribution is 2.36. The Labute approximate surface area is 191 Å². The summed E-state index contributed by atoms with van der Waals surface area (Å²) in [4.78, 5) is 28.5. The Morgan fingerprint density at radius 2 is 1.82 bits per heavy atom. The average Bonchev–Trinajstić information content (AvgIpc) is 3.19. The van der Waals surface area contributed by atoms with Crippen LogP contribution < -0.4 is 11.1 Å². The Kier molecular flexibility index (Phi) is 6.15. The molecule has 0 saturated heterocycles. The number of aromatic nitrogens is 1. The van der Waals surface area contributed by atoms with Gasteiger partial charge in [0.2, 0.25) is 5.91 Å². The van der Waals surface area contributed by atoms with E-state index in [0.717, 1.165) is 26.6 Å². The van der Waals surface area contributed by atoms with Crippen LogP contribution in [0.5, 0.6) is 0 Å². The molecule has 9 heteroatoms. The zero-order valence-corrected chi connectivity index (χ0v) is 18.0. The van der Waals surface area contributed by atoms with E-state index < -0.39 is 23.6 Å². The van der Waals surface area contributed by atoms with Crippen molar-refractivity contribution in [2.45, 2.75) is 12.6 Å². The second-order valence-electron chi connectivity index (χ2n) is 7.39. The number of hydrogen-bond acceptors (Lipinski definition) is 4. The van der Waals surface area contributed by atoms with Gasteiger partial charge in [-0.05, 0) is 35.2 Å². The van der Waals surface area contributed by atoms with Gasteiger partial charge in [0.15, 0.2) is 0 Å². The molecule has 0 fully saturated rings. The molecule has 0 unspecified atom stereocenters. The lowest BCUT2D eigenvalue weighted by molar-refractivity contribution is -0.137. The van der Waals surface area contributed by atoms with E-state index in [2.05, 4.69) is 10.3 Å². The maximum Gasteiger partial charge on any atom is 0.416 e. The quantitative estimate of drug-likeness (QED) is 0.426. The van der Waals surface area contributed by atoms with Gasteiger partial charge >= 0.3 is 6.18 Å². The lowest BCUT2D eigenvalue weighted by Crippen LogP contribution is -2.33. The number of benzene rings is 2. The minimum Gasteiger partial charge on any atom is -0.368 e. The smallest absolute Gasteiger partial charge is 0.368 e. The molecule has 2 heterocycles. The van der Waals surface area contributed by atoms with Crippen LogP contribution in [-0.4, -0.2) is 23.3 Å². The van der Waals surface area contributed by atoms with Crippen LogP contribution in [-0.2, 0) is 17.4 Å². The predicted molar refractivity (Wildman–Crippen MR) is 121 cm³/mol. The first-order valence-electron chi connectivity index (χ1n) is 9.91. The lowest BCUT2D eigenvalue weighted by atomic mass is 10.1. The molecule has 0 saturated carbocycles. The molecule has 0 atom stereocenters. The van der Waals surface area contributed by atoms with E-state index in [1.807, 2.05) is 24.3 Å². The molecule has 33 heavy (non-hydrogen) atoms. The molecule has 2 aromatic carbocycles. The summed E-state index contributed by atoms with van der Waals surface area (Å²) < 4.78 is 40.0. The number of alkyl halides is 3. The van der Waals surface area contributed by atoms with Crippen LogP contribution in [0.1, 0.15) is 26.4 Å². The van der Waals surface area contributed by atoms with Crippen LogP contribution >= 0.6 is 11.3 Å². The number of pyridine rings is 1. The standard InChI is InChI=1S/C24H18F3N3O2S/c25-24(26,27)17-5-1-3-14(9-17)10-18-11-15-4-2-6-19(22(15)33-18)20-12-16(7-8-29-20)23(32)30-13-21(28)31/h1-9,11-12H,10,13H2,(H2,28,31)(H,30,32). The molecule has 0 radical (unpaired) electrons. The Bertz CT molecular complexity index is 1350. The number of nitrogens with zero attached hydrogens (tertiary/aromatic N) is 1. The number of thiophene rings is 1. The predicted octanol–water partition coefficient (Wildman–Crippen LogP) is 4.79. The summed E-state index contributed by atoms with van der Waals surface area (Å²) in [5.41, 5.74) is 6.68. The Morgan fingerprint density at radius 3 is 2.58 bits per heavy atom. The van der Waals surface area contributed by atoms with E-state index in [1.54, 1.807) is 12.1 Å². The van der Waals surface area contributed by atoms with E-state index in [1.165, 1.54) is 35.7 Å². The number of carbonyl (C=O) groups is 2. The van der Waals surface area contributed by atoms with Crippen molar-refractivity contribution in [2.75, 3.05) is 6.54 Å². The molecule has 0 spiro atoms. The highest BCUT2D eigenvalue weighted by molar-refractivity contribution is 7.19. The topological polar surface area (TPSA) is 85.1 Å². The monoisotopic (exact) mass is 469 g/mol. The van der Waals surface area contributed by atoms with Gasteiger partial charge in [-0.2, -0.15) is 13.2 Å².